The van der Waals surface area contributed by atoms with Gasteiger partial charge in [0.1, 0.15) is 0 Å². The molecule has 1 amide bonds. The molecule has 5 heteroatoms. The normalized spacial score (nSPS) is 21.1. The molecule has 1 fully saturated rings. The lowest BCUT2D eigenvalue weighted by molar-refractivity contribution is -0.149. The highest BCUT2D eigenvalue weighted by molar-refractivity contribution is 5.83. The first-order valence-corrected chi connectivity index (χ1v) is 5.29. The number of carbonyl (C=O) groups is 2. The highest BCUT2D eigenvalue weighted by Crippen LogP contribution is 2.19. The molecule has 1 saturated heterocycles. The van der Waals surface area contributed by atoms with Gasteiger partial charge in [-0.1, -0.05) is 0 Å². The SMILES string of the molecule is O=C(O)C1CCN(Cc2ccc[nH]2)C(=O)C1. The number of aromatic amines is 1. The van der Waals surface area contributed by atoms with E-state index in [0.717, 1.165) is 5.69 Å². The predicted molar refractivity (Wildman–Crippen MR) is 56.6 cm³/mol. The predicted octanol–water partition coefficient (Wildman–Crippen LogP) is 0.838. The van der Waals surface area contributed by atoms with Crippen molar-refractivity contribution < 1.29 is 14.7 Å². The van der Waals surface area contributed by atoms with E-state index in [1.54, 1.807) is 4.90 Å². The number of carboxylic acid groups (broad SMARTS) is 1. The zero-order chi connectivity index (χ0) is 11.5. The Balaban J connectivity index is 1.94. The van der Waals surface area contributed by atoms with Crippen molar-refractivity contribution >= 4 is 11.9 Å². The summed E-state index contributed by atoms with van der Waals surface area (Å²) in [5.41, 5.74) is 0.974. The summed E-state index contributed by atoms with van der Waals surface area (Å²) in [7, 11) is 0. The number of rotatable bonds is 3. The largest absolute Gasteiger partial charge is 0.481 e. The number of carboxylic acids is 1. The van der Waals surface area contributed by atoms with E-state index in [-0.39, 0.29) is 12.3 Å². The lowest BCUT2D eigenvalue weighted by Crippen LogP contribution is -2.40. The highest BCUT2D eigenvalue weighted by Gasteiger charge is 2.30. The van der Waals surface area contributed by atoms with Gasteiger partial charge in [0.2, 0.25) is 5.91 Å². The van der Waals surface area contributed by atoms with E-state index in [1.165, 1.54) is 0 Å². The fourth-order valence-electron chi connectivity index (χ4n) is 1.93. The Kier molecular flexibility index (Phi) is 2.94. The maximum Gasteiger partial charge on any atom is 0.307 e. The Morgan fingerprint density at radius 1 is 1.62 bits per heavy atom. The van der Waals surface area contributed by atoms with Crippen molar-refractivity contribution in [2.24, 2.45) is 5.92 Å². The lowest BCUT2D eigenvalue weighted by Gasteiger charge is -2.29. The van der Waals surface area contributed by atoms with Gasteiger partial charge in [0, 0.05) is 24.9 Å². The van der Waals surface area contributed by atoms with E-state index in [4.69, 9.17) is 5.11 Å². The van der Waals surface area contributed by atoms with Gasteiger partial charge in [0.05, 0.1) is 12.5 Å². The van der Waals surface area contributed by atoms with Crippen LogP contribution in [0.15, 0.2) is 18.3 Å². The molecule has 0 aromatic carbocycles. The van der Waals surface area contributed by atoms with Crippen LogP contribution in [0.1, 0.15) is 18.5 Å². The Hall–Kier alpha value is -1.78. The summed E-state index contributed by atoms with van der Waals surface area (Å²) in [4.78, 5) is 27.2. The summed E-state index contributed by atoms with van der Waals surface area (Å²) in [6.45, 7) is 1.06. The molecule has 5 nitrogen and oxygen atoms in total. The fraction of sp³-hybridized carbons (Fsp3) is 0.455. The summed E-state index contributed by atoms with van der Waals surface area (Å²) < 4.78 is 0. The number of aliphatic carboxylic acids is 1. The molecule has 1 atom stereocenters. The Labute approximate surface area is 93.1 Å². The second-order valence-electron chi connectivity index (χ2n) is 4.04. The van der Waals surface area contributed by atoms with Gasteiger partial charge in [-0.3, -0.25) is 9.59 Å². The maximum absolute atomic E-state index is 11.7. The molecule has 86 valence electrons. The molecule has 2 N–H and O–H groups in total. The summed E-state index contributed by atoms with van der Waals surface area (Å²) in [5, 5.41) is 8.82. The number of H-pyrrole nitrogens is 1. The number of piperidine rings is 1. The zero-order valence-electron chi connectivity index (χ0n) is 8.85. The van der Waals surface area contributed by atoms with Gasteiger partial charge in [0.25, 0.3) is 0 Å². The first-order chi connectivity index (χ1) is 7.66. The van der Waals surface area contributed by atoms with Crippen LogP contribution in [-0.2, 0) is 16.1 Å². The van der Waals surface area contributed by atoms with Gasteiger partial charge >= 0.3 is 5.97 Å². The van der Waals surface area contributed by atoms with Gasteiger partial charge in [-0.2, -0.15) is 0 Å². The molecule has 0 spiro atoms. The molecular weight excluding hydrogens is 208 g/mol. The average molecular weight is 222 g/mol. The smallest absolute Gasteiger partial charge is 0.307 e. The van der Waals surface area contributed by atoms with Crippen LogP contribution in [0.3, 0.4) is 0 Å². The zero-order valence-corrected chi connectivity index (χ0v) is 8.85. The van der Waals surface area contributed by atoms with Crippen LogP contribution in [0.4, 0.5) is 0 Å². The van der Waals surface area contributed by atoms with Crippen molar-refractivity contribution in [3.8, 4) is 0 Å². The average Bonchev–Trinajstić information content (AvgIpc) is 2.73. The number of nitrogens with one attached hydrogen (secondary N) is 1. The molecule has 0 aliphatic carbocycles. The van der Waals surface area contributed by atoms with E-state index in [1.807, 2.05) is 18.3 Å². The molecule has 1 unspecified atom stereocenters. The van der Waals surface area contributed by atoms with Crippen molar-refractivity contribution in [1.29, 1.82) is 0 Å². The lowest BCUT2D eigenvalue weighted by atomic mass is 9.96. The minimum atomic E-state index is -0.868. The molecule has 0 saturated carbocycles. The highest BCUT2D eigenvalue weighted by atomic mass is 16.4. The number of amides is 1. The van der Waals surface area contributed by atoms with Gasteiger partial charge in [-0.25, -0.2) is 0 Å². The number of aromatic nitrogens is 1. The molecule has 2 heterocycles. The van der Waals surface area contributed by atoms with Crippen LogP contribution in [0, 0.1) is 5.92 Å². The minimum absolute atomic E-state index is 0.0757. The first kappa shape index (κ1) is 10.7. The van der Waals surface area contributed by atoms with Crippen molar-refractivity contribution in [1.82, 2.24) is 9.88 Å². The third-order valence-corrected chi connectivity index (χ3v) is 2.89. The Morgan fingerprint density at radius 2 is 2.44 bits per heavy atom. The van der Waals surface area contributed by atoms with Crippen molar-refractivity contribution in [2.75, 3.05) is 6.54 Å². The van der Waals surface area contributed by atoms with E-state index < -0.39 is 11.9 Å². The third-order valence-electron chi connectivity index (χ3n) is 2.89. The number of likely N-dealkylation sites (tertiary alicyclic amines) is 1. The van der Waals surface area contributed by atoms with Gasteiger partial charge in [-0.15, -0.1) is 0 Å². The topological polar surface area (TPSA) is 73.4 Å². The molecule has 1 aliphatic heterocycles. The van der Waals surface area contributed by atoms with Gasteiger partial charge < -0.3 is 15.0 Å². The fourth-order valence-corrected chi connectivity index (χ4v) is 1.93. The van der Waals surface area contributed by atoms with Crippen LogP contribution < -0.4 is 0 Å². The second kappa shape index (κ2) is 4.38. The van der Waals surface area contributed by atoms with Crippen LogP contribution in [0.5, 0.6) is 0 Å². The summed E-state index contributed by atoms with van der Waals surface area (Å²) in [6.07, 6.45) is 2.47. The van der Waals surface area contributed by atoms with E-state index in [9.17, 15) is 9.59 Å². The Morgan fingerprint density at radius 3 is 3.00 bits per heavy atom. The minimum Gasteiger partial charge on any atom is -0.481 e. The molecule has 1 aromatic heterocycles. The number of hydrogen-bond donors (Lipinski definition) is 2. The summed E-state index contributed by atoms with van der Waals surface area (Å²) >= 11 is 0. The van der Waals surface area contributed by atoms with E-state index in [0.29, 0.717) is 19.5 Å². The van der Waals surface area contributed by atoms with Gasteiger partial charge in [-0.05, 0) is 18.6 Å². The molecule has 16 heavy (non-hydrogen) atoms. The molecule has 0 bridgehead atoms. The van der Waals surface area contributed by atoms with E-state index >= 15 is 0 Å². The van der Waals surface area contributed by atoms with Crippen LogP contribution in [0.2, 0.25) is 0 Å². The second-order valence-corrected chi connectivity index (χ2v) is 4.04. The summed E-state index contributed by atoms with van der Waals surface area (Å²) in [6, 6.07) is 3.79. The van der Waals surface area contributed by atoms with Crippen LogP contribution in [-0.4, -0.2) is 33.4 Å². The molecular formula is C11H14N2O3. The first-order valence-electron chi connectivity index (χ1n) is 5.29. The number of carbonyl (C=O) groups excluding carboxylic acids is 1. The molecule has 1 aromatic rings. The maximum atomic E-state index is 11.7. The number of nitrogens with zero attached hydrogens (tertiary/aromatic N) is 1. The molecule has 1 aliphatic rings. The van der Waals surface area contributed by atoms with Crippen molar-refractivity contribution in [3.05, 3.63) is 24.0 Å². The Bertz CT molecular complexity index is 386. The van der Waals surface area contributed by atoms with Crippen molar-refractivity contribution in [2.45, 2.75) is 19.4 Å². The number of hydrogen-bond acceptors (Lipinski definition) is 2. The van der Waals surface area contributed by atoms with Gasteiger partial charge in [0.15, 0.2) is 0 Å². The quantitative estimate of drug-likeness (QED) is 0.795. The van der Waals surface area contributed by atoms with Crippen LogP contribution >= 0.6 is 0 Å². The molecule has 2 rings (SSSR count). The van der Waals surface area contributed by atoms with E-state index in [2.05, 4.69) is 4.98 Å². The van der Waals surface area contributed by atoms with Crippen LogP contribution in [0.25, 0.3) is 0 Å². The monoisotopic (exact) mass is 222 g/mol. The van der Waals surface area contributed by atoms with Crippen molar-refractivity contribution in [3.63, 3.8) is 0 Å². The standard InChI is InChI=1S/C11H14N2O3/c14-10-6-8(11(15)16)3-5-13(10)7-9-2-1-4-12-9/h1-2,4,8,12H,3,5-7H2,(H,15,16). The molecule has 0 radical (unpaired) electrons. The third kappa shape index (κ3) is 2.24. The summed E-state index contributed by atoms with van der Waals surface area (Å²) in [5.74, 6) is -1.45.